The van der Waals surface area contributed by atoms with Crippen LogP contribution in [0.3, 0.4) is 0 Å². The van der Waals surface area contributed by atoms with Gasteiger partial charge < -0.3 is 5.32 Å². The summed E-state index contributed by atoms with van der Waals surface area (Å²) in [6.45, 7) is 3.44. The van der Waals surface area contributed by atoms with Crippen molar-refractivity contribution < 1.29 is 13.6 Å². The van der Waals surface area contributed by atoms with E-state index in [0.29, 0.717) is 22.4 Å². The van der Waals surface area contributed by atoms with E-state index in [1.165, 1.54) is 18.2 Å². The molecular formula is C19H17F2N3O. The van der Waals surface area contributed by atoms with Crippen molar-refractivity contribution in [3.8, 4) is 11.1 Å². The minimum atomic E-state index is -0.611. The maximum atomic E-state index is 14.5. The molecule has 1 aromatic heterocycles. The van der Waals surface area contributed by atoms with Gasteiger partial charge in [0.1, 0.15) is 11.6 Å². The summed E-state index contributed by atoms with van der Waals surface area (Å²) in [5, 5.41) is 6.74. The maximum absolute atomic E-state index is 14.5. The molecule has 0 saturated heterocycles. The number of amides is 1. The van der Waals surface area contributed by atoms with Gasteiger partial charge in [0, 0.05) is 30.1 Å². The van der Waals surface area contributed by atoms with Crippen LogP contribution in [0.2, 0.25) is 0 Å². The Morgan fingerprint density at radius 3 is 2.44 bits per heavy atom. The van der Waals surface area contributed by atoms with Crippen LogP contribution in [-0.2, 0) is 7.05 Å². The summed E-state index contributed by atoms with van der Waals surface area (Å²) in [6.07, 6.45) is 1.73. The van der Waals surface area contributed by atoms with Gasteiger partial charge in [0.25, 0.3) is 5.91 Å². The maximum Gasteiger partial charge on any atom is 0.258 e. The predicted octanol–water partition coefficient (Wildman–Crippen LogP) is 4.23. The average Bonchev–Trinajstić information content (AvgIpc) is 2.85. The second-order valence-corrected chi connectivity index (χ2v) is 5.88. The third kappa shape index (κ3) is 3.28. The van der Waals surface area contributed by atoms with E-state index in [4.69, 9.17) is 0 Å². The monoisotopic (exact) mass is 341 g/mol. The van der Waals surface area contributed by atoms with Crippen LogP contribution in [0.15, 0.2) is 42.6 Å². The van der Waals surface area contributed by atoms with Crippen LogP contribution in [0.4, 0.5) is 14.5 Å². The van der Waals surface area contributed by atoms with Crippen LogP contribution in [0.1, 0.15) is 21.6 Å². The van der Waals surface area contributed by atoms with E-state index in [1.54, 1.807) is 50.0 Å². The molecule has 0 radical (unpaired) electrons. The summed E-state index contributed by atoms with van der Waals surface area (Å²) < 4.78 is 30.0. The van der Waals surface area contributed by atoms with Gasteiger partial charge in [-0.3, -0.25) is 9.48 Å². The van der Waals surface area contributed by atoms with Crippen molar-refractivity contribution >= 4 is 11.6 Å². The van der Waals surface area contributed by atoms with Crippen LogP contribution in [0, 0.1) is 25.5 Å². The molecule has 0 bridgehead atoms. The lowest BCUT2D eigenvalue weighted by Crippen LogP contribution is -2.15. The number of aryl methyl sites for hydroxylation is 3. The van der Waals surface area contributed by atoms with Gasteiger partial charge in [-0.15, -0.1) is 0 Å². The molecule has 0 aliphatic rings. The molecule has 2 aromatic carbocycles. The van der Waals surface area contributed by atoms with Crippen LogP contribution in [-0.4, -0.2) is 15.7 Å². The minimum absolute atomic E-state index is 0.0462. The number of rotatable bonds is 3. The van der Waals surface area contributed by atoms with Gasteiger partial charge in [0.05, 0.1) is 11.3 Å². The zero-order valence-electron chi connectivity index (χ0n) is 14.1. The summed E-state index contributed by atoms with van der Waals surface area (Å²) in [6, 6.07) is 8.77. The highest BCUT2D eigenvalue weighted by Gasteiger charge is 2.16. The Morgan fingerprint density at radius 1 is 1.08 bits per heavy atom. The topological polar surface area (TPSA) is 46.9 Å². The molecule has 128 valence electrons. The summed E-state index contributed by atoms with van der Waals surface area (Å²) in [5.41, 5.74) is 2.51. The third-order valence-electron chi connectivity index (χ3n) is 3.98. The first kappa shape index (κ1) is 16.8. The molecule has 3 aromatic rings. The number of hydrogen-bond donors (Lipinski definition) is 1. The number of carbonyl (C=O) groups is 1. The number of nitrogens with zero attached hydrogens (tertiary/aromatic N) is 2. The Hall–Kier alpha value is -3.02. The van der Waals surface area contributed by atoms with Crippen molar-refractivity contribution in [1.29, 1.82) is 0 Å². The molecule has 0 unspecified atom stereocenters. The van der Waals surface area contributed by atoms with Crippen molar-refractivity contribution in [2.75, 3.05) is 5.32 Å². The Bertz CT molecular complexity index is 943. The van der Waals surface area contributed by atoms with E-state index in [-0.39, 0.29) is 11.3 Å². The highest BCUT2D eigenvalue weighted by atomic mass is 19.1. The van der Waals surface area contributed by atoms with E-state index in [1.807, 2.05) is 0 Å². The fourth-order valence-electron chi connectivity index (χ4n) is 2.79. The normalized spacial score (nSPS) is 10.8. The molecule has 1 heterocycles. The Balaban J connectivity index is 1.89. The van der Waals surface area contributed by atoms with Crippen LogP contribution in [0.25, 0.3) is 11.1 Å². The van der Waals surface area contributed by atoms with Crippen LogP contribution < -0.4 is 5.32 Å². The fourth-order valence-corrected chi connectivity index (χ4v) is 2.79. The molecule has 0 fully saturated rings. The molecular weight excluding hydrogens is 324 g/mol. The molecule has 1 N–H and O–H groups in total. The molecule has 6 heteroatoms. The Kier molecular flexibility index (Phi) is 4.35. The van der Waals surface area contributed by atoms with Crippen molar-refractivity contribution in [3.63, 3.8) is 0 Å². The third-order valence-corrected chi connectivity index (χ3v) is 3.98. The number of anilines is 1. The molecule has 1 amide bonds. The number of nitrogens with one attached hydrogen (secondary N) is 1. The first-order chi connectivity index (χ1) is 11.9. The molecule has 0 atom stereocenters. The SMILES string of the molecule is Cc1cccc(F)c1C(=O)Nc1ccc(-c2cn(C)nc2C)c(F)c1. The van der Waals surface area contributed by atoms with E-state index >= 15 is 0 Å². The number of halogens is 2. The van der Waals surface area contributed by atoms with Gasteiger partial charge >= 0.3 is 0 Å². The highest BCUT2D eigenvalue weighted by Crippen LogP contribution is 2.27. The second-order valence-electron chi connectivity index (χ2n) is 5.88. The number of hydrogen-bond acceptors (Lipinski definition) is 2. The summed E-state index contributed by atoms with van der Waals surface area (Å²) >= 11 is 0. The van der Waals surface area contributed by atoms with E-state index in [2.05, 4.69) is 10.4 Å². The molecule has 4 nitrogen and oxygen atoms in total. The standard InChI is InChI=1S/C19H17F2N3O/c1-11-5-4-6-16(20)18(11)19(25)22-13-7-8-14(17(21)9-13)15-10-24(3)23-12(15)2/h4-10H,1-3H3,(H,22,25). The Labute approximate surface area is 144 Å². The summed E-state index contributed by atoms with van der Waals surface area (Å²) in [5.74, 6) is -1.71. The van der Waals surface area contributed by atoms with E-state index in [9.17, 15) is 13.6 Å². The highest BCUT2D eigenvalue weighted by molar-refractivity contribution is 6.05. The van der Waals surface area contributed by atoms with Gasteiger partial charge in [0.2, 0.25) is 0 Å². The van der Waals surface area contributed by atoms with Gasteiger partial charge in [-0.2, -0.15) is 5.10 Å². The number of benzene rings is 2. The molecule has 0 aliphatic carbocycles. The lowest BCUT2D eigenvalue weighted by molar-refractivity contribution is 0.102. The lowest BCUT2D eigenvalue weighted by atomic mass is 10.0. The first-order valence-electron chi connectivity index (χ1n) is 7.73. The zero-order chi connectivity index (χ0) is 18.1. The summed E-state index contributed by atoms with van der Waals surface area (Å²) in [7, 11) is 1.76. The first-order valence-corrected chi connectivity index (χ1v) is 7.73. The van der Waals surface area contributed by atoms with Crippen molar-refractivity contribution in [1.82, 2.24) is 9.78 Å². The average molecular weight is 341 g/mol. The predicted molar refractivity (Wildman–Crippen MR) is 92.4 cm³/mol. The zero-order valence-corrected chi connectivity index (χ0v) is 14.1. The minimum Gasteiger partial charge on any atom is -0.322 e. The molecule has 3 rings (SSSR count). The van der Waals surface area contributed by atoms with Crippen LogP contribution >= 0.6 is 0 Å². The molecule has 0 saturated carbocycles. The fraction of sp³-hybridized carbons (Fsp3) is 0.158. The smallest absolute Gasteiger partial charge is 0.258 e. The Morgan fingerprint density at radius 2 is 1.84 bits per heavy atom. The van der Waals surface area contributed by atoms with Crippen molar-refractivity contribution in [2.24, 2.45) is 7.05 Å². The number of aromatic nitrogens is 2. The second kappa shape index (κ2) is 6.47. The van der Waals surface area contributed by atoms with Gasteiger partial charge in [-0.25, -0.2) is 8.78 Å². The van der Waals surface area contributed by atoms with Crippen LogP contribution in [0.5, 0.6) is 0 Å². The van der Waals surface area contributed by atoms with Gasteiger partial charge in [0.15, 0.2) is 0 Å². The van der Waals surface area contributed by atoms with Gasteiger partial charge in [-0.05, 0) is 43.7 Å². The largest absolute Gasteiger partial charge is 0.322 e. The van der Waals surface area contributed by atoms with Gasteiger partial charge in [-0.1, -0.05) is 12.1 Å². The number of carbonyl (C=O) groups excluding carboxylic acids is 1. The van der Waals surface area contributed by atoms with Crippen molar-refractivity contribution in [2.45, 2.75) is 13.8 Å². The molecule has 0 aliphatic heterocycles. The summed E-state index contributed by atoms with van der Waals surface area (Å²) in [4.78, 5) is 12.3. The van der Waals surface area contributed by atoms with E-state index in [0.717, 1.165) is 0 Å². The lowest BCUT2D eigenvalue weighted by Gasteiger charge is -2.10. The van der Waals surface area contributed by atoms with E-state index < -0.39 is 17.5 Å². The van der Waals surface area contributed by atoms with Crippen molar-refractivity contribution in [3.05, 3.63) is 71.1 Å². The molecule has 25 heavy (non-hydrogen) atoms. The quantitative estimate of drug-likeness (QED) is 0.775. The molecule has 0 spiro atoms.